The summed E-state index contributed by atoms with van der Waals surface area (Å²) in [6.07, 6.45) is 3.56. The largest absolute Gasteiger partial charge is 0.487 e. The molecule has 0 spiro atoms. The van der Waals surface area contributed by atoms with Crippen LogP contribution in [0.2, 0.25) is 0 Å². The van der Waals surface area contributed by atoms with Crippen LogP contribution in [-0.4, -0.2) is 50.4 Å². The number of anilines is 1. The van der Waals surface area contributed by atoms with Crippen molar-refractivity contribution >= 4 is 21.6 Å². The van der Waals surface area contributed by atoms with E-state index >= 15 is 0 Å². The zero-order valence-corrected chi connectivity index (χ0v) is 20.0. The molecule has 3 N–H and O–H groups in total. The molecular weight excluding hydrogens is 475 g/mol. The number of aliphatic hydroxyl groups is 1. The molecule has 2 aromatic carbocycles. The quantitative estimate of drug-likeness (QED) is 0.534. The number of hydrogen-bond acceptors (Lipinski definition) is 6. The maximum Gasteiger partial charge on any atom is 0.261 e. The summed E-state index contributed by atoms with van der Waals surface area (Å²) in [5.74, 6) is -0.135. The van der Waals surface area contributed by atoms with Gasteiger partial charge in [-0.1, -0.05) is 12.8 Å². The van der Waals surface area contributed by atoms with Gasteiger partial charge in [0, 0.05) is 23.2 Å². The molecule has 2 heterocycles. The zero-order chi connectivity index (χ0) is 24.6. The standard InChI is InChI=1S/C25H29FN2O6S/c26-15-5-8-19(9-6-15)35(31,32)28-17-7-10-22-20(11-17)21-12-18(33-23(14-29)25(21)34-22)13-24(30)27-16-3-1-2-4-16/h5-11,16,18,21,23,25,28-29H,1-4,12-14H2,(H,27,30)/t18-,21+,23+,25-/m1/s1. The summed E-state index contributed by atoms with van der Waals surface area (Å²) in [6, 6.07) is 9.82. The predicted octanol–water partition coefficient (Wildman–Crippen LogP) is 3.07. The van der Waals surface area contributed by atoms with Crippen LogP contribution in [0.3, 0.4) is 0 Å². The summed E-state index contributed by atoms with van der Waals surface area (Å²) in [6.45, 7) is -0.250. The first-order valence-corrected chi connectivity index (χ1v) is 13.5. The minimum atomic E-state index is -3.91. The number of nitrogens with one attached hydrogen (secondary N) is 2. The monoisotopic (exact) mass is 504 g/mol. The van der Waals surface area contributed by atoms with E-state index < -0.39 is 28.0 Å². The van der Waals surface area contributed by atoms with E-state index in [1.807, 2.05) is 0 Å². The Balaban J connectivity index is 1.32. The highest BCUT2D eigenvalue weighted by Gasteiger charge is 2.46. The molecule has 2 fully saturated rings. The molecule has 0 unspecified atom stereocenters. The first-order valence-electron chi connectivity index (χ1n) is 12.0. The number of carbonyl (C=O) groups is 1. The Morgan fingerprint density at radius 1 is 1.11 bits per heavy atom. The Kier molecular flexibility index (Phi) is 6.69. The van der Waals surface area contributed by atoms with E-state index in [1.54, 1.807) is 18.2 Å². The minimum absolute atomic E-state index is 0.0479. The van der Waals surface area contributed by atoms with E-state index in [0.29, 0.717) is 17.9 Å². The topological polar surface area (TPSA) is 114 Å². The van der Waals surface area contributed by atoms with Crippen LogP contribution in [-0.2, 0) is 19.6 Å². The third-order valence-corrected chi connectivity index (χ3v) is 8.41. The molecule has 0 radical (unpaired) electrons. The fourth-order valence-corrected chi connectivity index (χ4v) is 6.39. The van der Waals surface area contributed by atoms with Gasteiger partial charge in [-0.2, -0.15) is 0 Å². The number of fused-ring (bicyclic) bond motifs is 3. The van der Waals surface area contributed by atoms with E-state index in [-0.39, 0.29) is 41.9 Å². The number of halogens is 1. The zero-order valence-electron chi connectivity index (χ0n) is 19.2. The van der Waals surface area contributed by atoms with Gasteiger partial charge in [-0.3, -0.25) is 9.52 Å². The second-order valence-electron chi connectivity index (χ2n) is 9.47. The molecule has 5 rings (SSSR count). The van der Waals surface area contributed by atoms with Gasteiger partial charge in [0.1, 0.15) is 23.8 Å². The summed E-state index contributed by atoms with van der Waals surface area (Å²) in [5.41, 5.74) is 1.15. The van der Waals surface area contributed by atoms with E-state index in [2.05, 4.69) is 10.0 Å². The van der Waals surface area contributed by atoms with Gasteiger partial charge < -0.3 is 19.9 Å². The van der Waals surface area contributed by atoms with Crippen molar-refractivity contribution < 1.29 is 32.2 Å². The Morgan fingerprint density at radius 3 is 2.57 bits per heavy atom. The summed E-state index contributed by atoms with van der Waals surface area (Å²) in [7, 11) is -3.91. The van der Waals surface area contributed by atoms with Crippen LogP contribution < -0.4 is 14.8 Å². The van der Waals surface area contributed by atoms with Gasteiger partial charge in [-0.05, 0) is 61.7 Å². The number of benzene rings is 2. The number of sulfonamides is 1. The Hall–Kier alpha value is -2.69. The lowest BCUT2D eigenvalue weighted by molar-refractivity contribution is -0.142. The molecule has 3 aliphatic rings. The fourth-order valence-electron chi connectivity index (χ4n) is 5.34. The van der Waals surface area contributed by atoms with Crippen molar-refractivity contribution in [2.24, 2.45) is 0 Å². The summed E-state index contributed by atoms with van der Waals surface area (Å²) in [4.78, 5) is 12.5. The van der Waals surface area contributed by atoms with Crippen molar-refractivity contribution in [2.45, 2.75) is 73.7 Å². The molecule has 1 saturated heterocycles. The van der Waals surface area contributed by atoms with Gasteiger partial charge in [0.05, 0.1) is 24.0 Å². The third kappa shape index (κ3) is 5.14. The summed E-state index contributed by atoms with van der Waals surface area (Å²) < 4.78 is 53.3. The van der Waals surface area contributed by atoms with Crippen LogP contribution in [0.15, 0.2) is 47.4 Å². The van der Waals surface area contributed by atoms with Crippen LogP contribution >= 0.6 is 0 Å². The van der Waals surface area contributed by atoms with Gasteiger partial charge in [0.25, 0.3) is 10.0 Å². The van der Waals surface area contributed by atoms with Gasteiger partial charge in [0.2, 0.25) is 5.91 Å². The van der Waals surface area contributed by atoms with E-state index in [4.69, 9.17) is 9.47 Å². The Morgan fingerprint density at radius 2 is 1.86 bits per heavy atom. The molecule has 35 heavy (non-hydrogen) atoms. The molecule has 1 saturated carbocycles. The average molecular weight is 505 g/mol. The minimum Gasteiger partial charge on any atom is -0.487 e. The van der Waals surface area contributed by atoms with Crippen LogP contribution in [0.5, 0.6) is 5.75 Å². The fraction of sp³-hybridized carbons (Fsp3) is 0.480. The number of aliphatic hydroxyl groups excluding tert-OH is 1. The summed E-state index contributed by atoms with van der Waals surface area (Å²) in [5, 5.41) is 13.0. The lowest BCUT2D eigenvalue weighted by Crippen LogP contribution is -2.47. The number of amides is 1. The molecule has 2 aromatic rings. The Labute approximate surface area is 203 Å². The van der Waals surface area contributed by atoms with Crippen molar-refractivity contribution in [3.05, 3.63) is 53.8 Å². The average Bonchev–Trinajstić information content (AvgIpc) is 3.46. The van der Waals surface area contributed by atoms with Crippen molar-refractivity contribution in [2.75, 3.05) is 11.3 Å². The number of carbonyl (C=O) groups excluding carboxylic acids is 1. The second-order valence-corrected chi connectivity index (χ2v) is 11.2. The maximum absolute atomic E-state index is 13.2. The molecule has 0 bridgehead atoms. The van der Waals surface area contributed by atoms with E-state index in [1.165, 1.54) is 12.1 Å². The van der Waals surface area contributed by atoms with Crippen molar-refractivity contribution in [3.8, 4) is 5.75 Å². The molecule has 8 nitrogen and oxygen atoms in total. The number of rotatable bonds is 7. The van der Waals surface area contributed by atoms with Crippen molar-refractivity contribution in [1.82, 2.24) is 5.32 Å². The SMILES string of the molecule is O=C(C[C@H]1C[C@H]2c3cc(NS(=O)(=O)c4ccc(F)cc4)ccc3O[C@H]2[C@H](CO)O1)NC1CCCC1. The molecule has 2 aliphatic heterocycles. The smallest absolute Gasteiger partial charge is 0.261 e. The van der Waals surface area contributed by atoms with Crippen molar-refractivity contribution in [1.29, 1.82) is 0 Å². The molecule has 188 valence electrons. The molecule has 10 heteroatoms. The first-order chi connectivity index (χ1) is 16.8. The number of ether oxygens (including phenoxy) is 2. The molecule has 1 amide bonds. The van der Waals surface area contributed by atoms with Crippen LogP contribution in [0.1, 0.15) is 50.0 Å². The van der Waals surface area contributed by atoms with Crippen LogP contribution in [0.25, 0.3) is 0 Å². The van der Waals surface area contributed by atoms with Gasteiger partial charge in [-0.25, -0.2) is 12.8 Å². The highest BCUT2D eigenvalue weighted by Crippen LogP contribution is 2.47. The van der Waals surface area contributed by atoms with Gasteiger partial charge >= 0.3 is 0 Å². The lowest BCUT2D eigenvalue weighted by atomic mass is 9.84. The number of hydrogen-bond donors (Lipinski definition) is 3. The molecule has 0 aromatic heterocycles. The van der Waals surface area contributed by atoms with Crippen LogP contribution in [0.4, 0.5) is 10.1 Å². The highest BCUT2D eigenvalue weighted by molar-refractivity contribution is 7.92. The third-order valence-electron chi connectivity index (χ3n) is 7.01. The van der Waals surface area contributed by atoms with Crippen LogP contribution in [0, 0.1) is 5.82 Å². The Bertz CT molecular complexity index is 1180. The lowest BCUT2D eigenvalue weighted by Gasteiger charge is -2.37. The second kappa shape index (κ2) is 9.75. The predicted molar refractivity (Wildman–Crippen MR) is 126 cm³/mol. The summed E-state index contributed by atoms with van der Waals surface area (Å²) >= 11 is 0. The first kappa shape index (κ1) is 24.0. The van der Waals surface area contributed by atoms with E-state index in [9.17, 15) is 22.7 Å². The molecular formula is C25H29FN2O6S. The van der Waals surface area contributed by atoms with E-state index in [0.717, 1.165) is 43.4 Å². The molecule has 1 aliphatic carbocycles. The van der Waals surface area contributed by atoms with Gasteiger partial charge in [-0.15, -0.1) is 0 Å². The van der Waals surface area contributed by atoms with Crippen molar-refractivity contribution in [3.63, 3.8) is 0 Å². The maximum atomic E-state index is 13.2. The highest BCUT2D eigenvalue weighted by atomic mass is 32.2. The normalized spacial score (nSPS) is 26.0. The van der Waals surface area contributed by atoms with Gasteiger partial charge in [0.15, 0.2) is 0 Å². The molecule has 4 atom stereocenters.